The topological polar surface area (TPSA) is 17.1 Å². The lowest BCUT2D eigenvalue weighted by Gasteiger charge is -2.04. The van der Waals surface area contributed by atoms with Crippen LogP contribution in [0.15, 0.2) is 36.5 Å². The first-order valence-corrected chi connectivity index (χ1v) is 18.3. The van der Waals surface area contributed by atoms with Crippen LogP contribution in [0.2, 0.25) is 0 Å². The van der Waals surface area contributed by atoms with Crippen LogP contribution >= 0.6 is 0 Å². The average molecular weight is 557 g/mol. The van der Waals surface area contributed by atoms with Gasteiger partial charge in [-0.2, -0.15) is 0 Å². The molecule has 0 unspecified atom stereocenters. The number of rotatable bonds is 33. The highest BCUT2D eigenvalue weighted by Crippen LogP contribution is 2.16. The fraction of sp³-hybridized carbons (Fsp3) is 0.821. The Balaban J connectivity index is 3.11. The van der Waals surface area contributed by atoms with Crippen molar-refractivity contribution in [2.75, 3.05) is 0 Å². The van der Waals surface area contributed by atoms with Gasteiger partial charge in [0.05, 0.1) is 0 Å². The molecule has 0 saturated carbocycles. The van der Waals surface area contributed by atoms with E-state index in [2.05, 4.69) is 19.1 Å². The Labute approximate surface area is 253 Å². The predicted octanol–water partition coefficient (Wildman–Crippen LogP) is 14.0. The van der Waals surface area contributed by atoms with Gasteiger partial charge in [0.25, 0.3) is 0 Å². The minimum Gasteiger partial charge on any atom is -0.295 e. The molecule has 0 radical (unpaired) electrons. The van der Waals surface area contributed by atoms with Gasteiger partial charge >= 0.3 is 0 Å². The van der Waals surface area contributed by atoms with E-state index in [1.807, 2.05) is 12.2 Å². The maximum absolute atomic E-state index is 10.8. The molecule has 234 valence electrons. The van der Waals surface area contributed by atoms with Gasteiger partial charge in [0.1, 0.15) is 0 Å². The average Bonchev–Trinajstić information content (AvgIpc) is 2.95. The summed E-state index contributed by atoms with van der Waals surface area (Å²) in [6.07, 6.45) is 54.9. The first kappa shape index (κ1) is 38.9. The van der Waals surface area contributed by atoms with Crippen LogP contribution in [0.5, 0.6) is 0 Å². The zero-order valence-electron chi connectivity index (χ0n) is 27.6. The van der Waals surface area contributed by atoms with E-state index < -0.39 is 0 Å². The third-order valence-corrected chi connectivity index (χ3v) is 8.27. The number of hydrogen-bond acceptors (Lipinski definition) is 1. The number of unbranched alkanes of at least 4 members (excludes halogenated alkanes) is 29. The summed E-state index contributed by atoms with van der Waals surface area (Å²) in [6, 6.07) is 0. The molecule has 1 nitrogen and oxygen atoms in total. The summed E-state index contributed by atoms with van der Waals surface area (Å²) in [5.74, 6) is 0.0969. The predicted molar refractivity (Wildman–Crippen MR) is 182 cm³/mol. The van der Waals surface area contributed by atoms with Crippen LogP contribution in [-0.4, -0.2) is 5.78 Å². The van der Waals surface area contributed by atoms with E-state index in [-0.39, 0.29) is 5.78 Å². The number of carbonyl (C=O) groups is 1. The van der Waals surface area contributed by atoms with Gasteiger partial charge in [0.15, 0.2) is 5.78 Å². The summed E-state index contributed by atoms with van der Waals surface area (Å²) in [4.78, 5) is 10.8. The molecule has 0 saturated heterocycles. The number of hydrogen-bond donors (Lipinski definition) is 0. The Morgan fingerprint density at radius 1 is 0.375 bits per heavy atom. The molecule has 0 N–H and O–H groups in total. The van der Waals surface area contributed by atoms with Crippen molar-refractivity contribution >= 4 is 5.78 Å². The fourth-order valence-electron chi connectivity index (χ4n) is 5.60. The van der Waals surface area contributed by atoms with E-state index in [0.717, 1.165) is 0 Å². The lowest BCUT2D eigenvalue weighted by Crippen LogP contribution is -1.85. The highest BCUT2D eigenvalue weighted by atomic mass is 16.1. The highest BCUT2D eigenvalue weighted by molar-refractivity contribution is 5.87. The normalized spacial score (nSPS) is 12.1. The molecule has 0 aliphatic rings. The van der Waals surface area contributed by atoms with Gasteiger partial charge in [-0.3, -0.25) is 4.79 Å². The molecule has 40 heavy (non-hydrogen) atoms. The Kier molecular flexibility index (Phi) is 34.9. The summed E-state index contributed by atoms with van der Waals surface area (Å²) in [5.41, 5.74) is 0. The Bertz CT molecular complexity index is 569. The summed E-state index contributed by atoms with van der Waals surface area (Å²) < 4.78 is 0. The molecule has 0 fully saturated rings. The molecule has 0 rings (SSSR count). The van der Waals surface area contributed by atoms with Gasteiger partial charge in [0, 0.05) is 0 Å². The van der Waals surface area contributed by atoms with Crippen LogP contribution in [0.25, 0.3) is 0 Å². The number of allylic oxidation sites excluding steroid dienone is 6. The van der Waals surface area contributed by atoms with Gasteiger partial charge in [-0.1, -0.05) is 217 Å². The van der Waals surface area contributed by atoms with Crippen LogP contribution in [0, 0.1) is 0 Å². The van der Waals surface area contributed by atoms with Gasteiger partial charge < -0.3 is 0 Å². The van der Waals surface area contributed by atoms with Crippen molar-refractivity contribution in [1.82, 2.24) is 0 Å². The van der Waals surface area contributed by atoms with E-state index in [1.165, 1.54) is 193 Å². The minimum atomic E-state index is 0.0969. The van der Waals surface area contributed by atoms with Crippen molar-refractivity contribution in [3.8, 4) is 0 Å². The lowest BCUT2D eigenvalue weighted by molar-refractivity contribution is -0.112. The quantitative estimate of drug-likeness (QED) is 0.0446. The Morgan fingerprint density at radius 2 is 0.650 bits per heavy atom. The van der Waals surface area contributed by atoms with Crippen molar-refractivity contribution in [3.63, 3.8) is 0 Å². The zero-order chi connectivity index (χ0) is 29.0. The van der Waals surface area contributed by atoms with Gasteiger partial charge in [-0.15, -0.1) is 0 Å². The molecule has 0 heterocycles. The summed E-state index contributed by atoms with van der Waals surface area (Å²) in [5, 5.41) is 0. The van der Waals surface area contributed by atoms with Gasteiger partial charge in [-0.05, 0) is 25.8 Å². The van der Waals surface area contributed by atoms with Crippen molar-refractivity contribution in [2.24, 2.45) is 0 Å². The first-order valence-electron chi connectivity index (χ1n) is 18.3. The molecule has 0 aromatic carbocycles. The molecule has 0 aliphatic carbocycles. The maximum atomic E-state index is 10.8. The van der Waals surface area contributed by atoms with Crippen molar-refractivity contribution < 1.29 is 4.79 Å². The van der Waals surface area contributed by atoms with Crippen LogP contribution in [0.3, 0.4) is 0 Å². The second-order valence-electron chi connectivity index (χ2n) is 12.5. The van der Waals surface area contributed by atoms with Gasteiger partial charge in [-0.25, -0.2) is 0 Å². The van der Waals surface area contributed by atoms with Crippen LogP contribution in [0.4, 0.5) is 0 Å². The third-order valence-electron chi connectivity index (χ3n) is 8.27. The summed E-state index contributed by atoms with van der Waals surface area (Å²) >= 11 is 0. The number of ketones is 1. The largest absolute Gasteiger partial charge is 0.295 e. The van der Waals surface area contributed by atoms with Crippen LogP contribution < -0.4 is 0 Å². The smallest absolute Gasteiger partial charge is 0.152 e. The second kappa shape index (κ2) is 35.9. The summed E-state index contributed by atoms with van der Waals surface area (Å²) in [7, 11) is 0. The highest BCUT2D eigenvalue weighted by Gasteiger charge is 1.96. The second-order valence-corrected chi connectivity index (χ2v) is 12.5. The maximum Gasteiger partial charge on any atom is 0.152 e. The standard InChI is InChI=1S/C39H72O/c1-3-4-5-6-7-8-9-10-11-12-13-14-15-16-17-18-19-20-21-22-23-24-25-26-27-28-29-30-31-32-33-34-35-36-37-38-39(2)40/h33-38H,3-32H2,1-2H3. The van der Waals surface area contributed by atoms with Gasteiger partial charge in [0.2, 0.25) is 0 Å². The van der Waals surface area contributed by atoms with Crippen LogP contribution in [0.1, 0.15) is 206 Å². The first-order chi connectivity index (χ1) is 19.8. The van der Waals surface area contributed by atoms with E-state index >= 15 is 0 Å². The fourth-order valence-corrected chi connectivity index (χ4v) is 5.60. The molecule has 0 bridgehead atoms. The van der Waals surface area contributed by atoms with E-state index in [4.69, 9.17) is 0 Å². The van der Waals surface area contributed by atoms with Crippen molar-refractivity contribution in [3.05, 3.63) is 36.5 Å². The molecular formula is C39H72O. The van der Waals surface area contributed by atoms with E-state index in [9.17, 15) is 4.79 Å². The molecule has 1 heteroatoms. The third kappa shape index (κ3) is 36.9. The van der Waals surface area contributed by atoms with Crippen molar-refractivity contribution in [1.29, 1.82) is 0 Å². The Hall–Kier alpha value is -1.11. The van der Waals surface area contributed by atoms with E-state index in [1.54, 1.807) is 19.1 Å². The van der Waals surface area contributed by atoms with Crippen molar-refractivity contribution in [2.45, 2.75) is 206 Å². The molecule has 0 aromatic heterocycles. The molecular weight excluding hydrogens is 484 g/mol. The lowest BCUT2D eigenvalue weighted by atomic mass is 10.0. The minimum absolute atomic E-state index is 0.0969. The SMILES string of the molecule is CCCCCCCCCCCCCCCCCCCCCCCCCCCCCCCC=CC=CC=CC(C)=O. The molecule has 0 atom stereocenters. The number of carbonyl (C=O) groups excluding carboxylic acids is 1. The van der Waals surface area contributed by atoms with E-state index in [0.29, 0.717) is 0 Å². The van der Waals surface area contributed by atoms with Crippen LogP contribution in [-0.2, 0) is 4.79 Å². The monoisotopic (exact) mass is 557 g/mol. The molecule has 0 spiro atoms. The summed E-state index contributed by atoms with van der Waals surface area (Å²) in [6.45, 7) is 3.88. The Morgan fingerprint density at radius 3 is 0.950 bits per heavy atom. The molecule has 0 aliphatic heterocycles. The molecule has 0 amide bonds. The molecule has 0 aromatic rings. The zero-order valence-corrected chi connectivity index (χ0v) is 27.6.